The summed E-state index contributed by atoms with van der Waals surface area (Å²) in [6.45, 7) is 6.40. The first kappa shape index (κ1) is 19.4. The molecule has 0 unspecified atom stereocenters. The van der Waals surface area contributed by atoms with Crippen LogP contribution in [0.2, 0.25) is 0 Å². The lowest BCUT2D eigenvalue weighted by Gasteiger charge is -2.34. The van der Waals surface area contributed by atoms with Crippen molar-refractivity contribution in [2.24, 2.45) is 0 Å². The normalized spacial score (nSPS) is 16.0. The van der Waals surface area contributed by atoms with Crippen LogP contribution in [0.15, 0.2) is 29.2 Å². The highest BCUT2D eigenvalue weighted by molar-refractivity contribution is 5.93. The van der Waals surface area contributed by atoms with Crippen LogP contribution in [0.4, 0.5) is 13.6 Å². The van der Waals surface area contributed by atoms with E-state index in [1.54, 1.807) is 15.7 Å². The summed E-state index contributed by atoms with van der Waals surface area (Å²) >= 11 is 0. The molecule has 4 rings (SSSR count). The largest absolute Gasteiger partial charge is 0.444 e. The smallest absolute Gasteiger partial charge is 0.410 e. The molecule has 29 heavy (non-hydrogen) atoms. The van der Waals surface area contributed by atoms with Gasteiger partial charge in [0.1, 0.15) is 22.8 Å². The summed E-state index contributed by atoms with van der Waals surface area (Å²) in [4.78, 5) is 26.2. The zero-order valence-corrected chi connectivity index (χ0v) is 16.5. The molecule has 9 heteroatoms. The van der Waals surface area contributed by atoms with Crippen molar-refractivity contribution in [3.8, 4) is 0 Å². The summed E-state index contributed by atoms with van der Waals surface area (Å²) in [5.74, 6) is -1.51. The SMILES string of the molecule is CC(C)(C)OC(=O)N1CCC(n2ccc(=O)n3nc4cc(F)cc(F)c4c23)CC1. The molecule has 1 aromatic carbocycles. The number of halogens is 2. The molecule has 1 amide bonds. The summed E-state index contributed by atoms with van der Waals surface area (Å²) in [6, 6.07) is 3.19. The summed E-state index contributed by atoms with van der Waals surface area (Å²) in [5, 5.41) is 4.20. The van der Waals surface area contributed by atoms with Gasteiger partial charge in [-0.3, -0.25) is 4.79 Å². The fraction of sp³-hybridized carbons (Fsp3) is 0.450. The van der Waals surface area contributed by atoms with E-state index >= 15 is 0 Å². The quantitative estimate of drug-likeness (QED) is 0.623. The van der Waals surface area contributed by atoms with E-state index < -0.39 is 22.8 Å². The molecule has 2 aromatic heterocycles. The molecule has 1 aliphatic rings. The van der Waals surface area contributed by atoms with Gasteiger partial charge in [0.2, 0.25) is 0 Å². The number of carbonyl (C=O) groups excluding carboxylic acids is 1. The predicted octanol–water partition coefficient (Wildman–Crippen LogP) is 3.50. The zero-order valence-electron chi connectivity index (χ0n) is 16.5. The van der Waals surface area contributed by atoms with E-state index in [0.29, 0.717) is 31.6 Å². The van der Waals surface area contributed by atoms with E-state index in [0.717, 1.165) is 16.6 Å². The van der Waals surface area contributed by atoms with Gasteiger partial charge in [0.05, 0.1) is 5.39 Å². The Morgan fingerprint density at radius 3 is 2.55 bits per heavy atom. The number of likely N-dealkylation sites (tertiary alicyclic amines) is 1. The van der Waals surface area contributed by atoms with Crippen molar-refractivity contribution in [3.63, 3.8) is 0 Å². The number of benzene rings is 1. The molecule has 1 aliphatic heterocycles. The van der Waals surface area contributed by atoms with E-state index in [4.69, 9.17) is 4.74 Å². The Hall–Kier alpha value is -2.97. The number of carbonyl (C=O) groups is 1. The Bertz CT molecular complexity index is 1150. The van der Waals surface area contributed by atoms with Crippen molar-refractivity contribution in [1.82, 2.24) is 19.1 Å². The third-order valence-corrected chi connectivity index (χ3v) is 5.01. The number of aromatic nitrogens is 3. The number of hydrogen-bond acceptors (Lipinski definition) is 4. The van der Waals surface area contributed by atoms with Gasteiger partial charge in [0.25, 0.3) is 5.56 Å². The van der Waals surface area contributed by atoms with Gasteiger partial charge in [-0.15, -0.1) is 0 Å². The molecule has 0 atom stereocenters. The molecule has 3 aromatic rings. The second-order valence-corrected chi connectivity index (χ2v) is 8.28. The Labute approximate surface area is 165 Å². The van der Waals surface area contributed by atoms with E-state index in [1.165, 1.54) is 6.07 Å². The summed E-state index contributed by atoms with van der Waals surface area (Å²) in [5.41, 5.74) is -0.604. The number of nitrogens with zero attached hydrogens (tertiary/aromatic N) is 4. The van der Waals surface area contributed by atoms with Crippen LogP contribution in [0.5, 0.6) is 0 Å². The predicted molar refractivity (Wildman–Crippen MR) is 103 cm³/mol. The molecule has 1 saturated heterocycles. The molecule has 0 aliphatic carbocycles. The zero-order chi connectivity index (χ0) is 20.9. The molecule has 0 radical (unpaired) electrons. The fourth-order valence-electron chi connectivity index (χ4n) is 3.75. The van der Waals surface area contributed by atoms with Crippen LogP contribution in [-0.4, -0.2) is 43.9 Å². The maximum Gasteiger partial charge on any atom is 0.410 e. The first-order valence-electron chi connectivity index (χ1n) is 9.50. The van der Waals surface area contributed by atoms with Gasteiger partial charge in [-0.1, -0.05) is 0 Å². The lowest BCUT2D eigenvalue weighted by molar-refractivity contribution is 0.0189. The fourth-order valence-corrected chi connectivity index (χ4v) is 3.75. The molecule has 0 saturated carbocycles. The molecule has 0 bridgehead atoms. The lowest BCUT2D eigenvalue weighted by Crippen LogP contribution is -2.42. The third kappa shape index (κ3) is 3.56. The van der Waals surface area contributed by atoms with E-state index in [-0.39, 0.29) is 23.0 Å². The molecule has 154 valence electrons. The van der Waals surface area contributed by atoms with Crippen LogP contribution in [-0.2, 0) is 4.74 Å². The highest BCUT2D eigenvalue weighted by Gasteiger charge is 2.29. The van der Waals surface area contributed by atoms with Gasteiger partial charge in [0.15, 0.2) is 5.65 Å². The minimum absolute atomic E-state index is 0.0684. The topological polar surface area (TPSA) is 68.8 Å². The molecular weight excluding hydrogens is 382 g/mol. The van der Waals surface area contributed by atoms with Crippen LogP contribution in [0.25, 0.3) is 16.6 Å². The minimum atomic E-state index is -0.763. The Morgan fingerprint density at radius 1 is 1.21 bits per heavy atom. The number of amides is 1. The van der Waals surface area contributed by atoms with E-state index in [9.17, 15) is 18.4 Å². The van der Waals surface area contributed by atoms with Crippen molar-refractivity contribution in [2.45, 2.75) is 45.3 Å². The summed E-state index contributed by atoms with van der Waals surface area (Å²) in [6.07, 6.45) is 2.45. The molecule has 0 N–H and O–H groups in total. The second kappa shape index (κ2) is 6.82. The number of fused-ring (bicyclic) bond motifs is 3. The monoisotopic (exact) mass is 404 g/mol. The number of rotatable bonds is 1. The van der Waals surface area contributed by atoms with Crippen LogP contribution < -0.4 is 5.56 Å². The second-order valence-electron chi connectivity index (χ2n) is 8.28. The van der Waals surface area contributed by atoms with Crippen LogP contribution in [0, 0.1) is 11.6 Å². The van der Waals surface area contributed by atoms with Crippen molar-refractivity contribution in [1.29, 1.82) is 0 Å². The van der Waals surface area contributed by atoms with E-state index in [1.807, 2.05) is 20.8 Å². The summed E-state index contributed by atoms with van der Waals surface area (Å²) in [7, 11) is 0. The van der Waals surface area contributed by atoms with Gasteiger partial charge in [-0.2, -0.15) is 9.61 Å². The van der Waals surface area contributed by atoms with Gasteiger partial charge in [0, 0.05) is 43.5 Å². The maximum absolute atomic E-state index is 14.5. The molecule has 7 nitrogen and oxygen atoms in total. The van der Waals surface area contributed by atoms with Crippen LogP contribution in [0.3, 0.4) is 0 Å². The van der Waals surface area contributed by atoms with E-state index in [2.05, 4.69) is 5.10 Å². The molecule has 0 spiro atoms. The number of piperidine rings is 1. The minimum Gasteiger partial charge on any atom is -0.444 e. The standard InChI is InChI=1S/C20H22F2N4O3/c1-20(2,3)29-19(28)24-7-4-13(5-8-24)25-9-6-16(27)26-18(25)17-14(22)10-12(21)11-15(17)23-26/h6,9-11,13H,4-5,7-8H2,1-3H3. The third-order valence-electron chi connectivity index (χ3n) is 5.01. The average Bonchev–Trinajstić information content (AvgIpc) is 3.01. The van der Waals surface area contributed by atoms with Crippen LogP contribution in [0.1, 0.15) is 39.7 Å². The number of ether oxygens (including phenoxy) is 1. The number of hydrogen-bond donors (Lipinski definition) is 0. The van der Waals surface area contributed by atoms with Crippen molar-refractivity contribution >= 4 is 22.6 Å². The Kier molecular flexibility index (Phi) is 4.55. The lowest BCUT2D eigenvalue weighted by atomic mass is 10.0. The van der Waals surface area contributed by atoms with Crippen LogP contribution >= 0.6 is 0 Å². The Morgan fingerprint density at radius 2 is 1.90 bits per heavy atom. The molecule has 1 fully saturated rings. The van der Waals surface area contributed by atoms with Gasteiger partial charge < -0.3 is 14.2 Å². The molecular formula is C20H22F2N4O3. The molecule has 3 heterocycles. The van der Waals surface area contributed by atoms with Gasteiger partial charge >= 0.3 is 6.09 Å². The maximum atomic E-state index is 14.5. The van der Waals surface area contributed by atoms with Crippen molar-refractivity contribution < 1.29 is 18.3 Å². The van der Waals surface area contributed by atoms with Crippen molar-refractivity contribution in [3.05, 3.63) is 46.4 Å². The first-order valence-corrected chi connectivity index (χ1v) is 9.50. The highest BCUT2D eigenvalue weighted by atomic mass is 19.1. The van der Waals surface area contributed by atoms with Gasteiger partial charge in [-0.25, -0.2) is 13.6 Å². The average molecular weight is 404 g/mol. The van der Waals surface area contributed by atoms with Crippen molar-refractivity contribution in [2.75, 3.05) is 13.1 Å². The highest BCUT2D eigenvalue weighted by Crippen LogP contribution is 2.29. The first-order chi connectivity index (χ1) is 13.6. The Balaban J connectivity index is 1.68. The van der Waals surface area contributed by atoms with Gasteiger partial charge in [-0.05, 0) is 33.6 Å². The summed E-state index contributed by atoms with van der Waals surface area (Å²) < 4.78 is 36.4.